The Kier molecular flexibility index (Phi) is 4.66. The maximum absolute atomic E-state index is 12.4. The number of aromatic nitrogens is 2. The lowest BCUT2D eigenvalue weighted by molar-refractivity contribution is -0.133. The predicted molar refractivity (Wildman–Crippen MR) is 71.2 cm³/mol. The van der Waals surface area contributed by atoms with Crippen molar-refractivity contribution in [1.82, 2.24) is 14.3 Å². The van der Waals surface area contributed by atoms with Gasteiger partial charge in [-0.2, -0.15) is 0 Å². The zero-order chi connectivity index (χ0) is 14.7. The number of halogens is 2. The Morgan fingerprint density at radius 1 is 1.60 bits per heavy atom. The lowest BCUT2D eigenvalue weighted by Gasteiger charge is -2.21. The van der Waals surface area contributed by atoms with E-state index in [1.165, 1.54) is 11.3 Å². The lowest BCUT2D eigenvalue weighted by Crippen LogP contribution is -2.38. The van der Waals surface area contributed by atoms with E-state index in [1.807, 2.05) is 6.92 Å². The van der Waals surface area contributed by atoms with E-state index in [4.69, 9.17) is 5.11 Å². The van der Waals surface area contributed by atoms with Crippen LogP contribution in [0.5, 0.6) is 0 Å². The molecule has 0 aliphatic carbocycles. The van der Waals surface area contributed by atoms with Crippen LogP contribution in [-0.2, 0) is 11.2 Å². The summed E-state index contributed by atoms with van der Waals surface area (Å²) in [7, 11) is 0. The number of fused-ring (bicyclic) bond motifs is 1. The van der Waals surface area contributed by atoms with Crippen LogP contribution in [0.3, 0.4) is 0 Å². The first-order valence-corrected chi connectivity index (χ1v) is 6.98. The van der Waals surface area contributed by atoms with E-state index in [9.17, 15) is 13.6 Å². The number of amides is 1. The minimum atomic E-state index is -2.61. The fourth-order valence-corrected chi connectivity index (χ4v) is 2.86. The molecule has 0 aromatic carbocycles. The number of imidazole rings is 1. The zero-order valence-corrected chi connectivity index (χ0v) is 11.7. The summed E-state index contributed by atoms with van der Waals surface area (Å²) in [4.78, 5) is 18.1. The third-order valence-electron chi connectivity index (χ3n) is 2.82. The van der Waals surface area contributed by atoms with E-state index in [2.05, 4.69) is 4.98 Å². The Bertz CT molecular complexity index is 597. The monoisotopic (exact) mass is 303 g/mol. The van der Waals surface area contributed by atoms with E-state index >= 15 is 0 Å². The van der Waals surface area contributed by atoms with Crippen LogP contribution in [0.4, 0.5) is 8.78 Å². The fourth-order valence-electron chi connectivity index (χ4n) is 1.94. The number of carbonyl (C=O) groups is 1. The van der Waals surface area contributed by atoms with E-state index in [0.29, 0.717) is 5.69 Å². The number of alkyl halides is 2. The molecule has 0 atom stereocenters. The molecule has 0 saturated carbocycles. The number of aliphatic hydroxyl groups excluding tert-OH is 1. The molecule has 1 amide bonds. The van der Waals surface area contributed by atoms with Crippen LogP contribution >= 0.6 is 11.3 Å². The molecule has 0 unspecified atom stereocenters. The summed E-state index contributed by atoms with van der Waals surface area (Å²) in [6.07, 6.45) is -0.788. The summed E-state index contributed by atoms with van der Waals surface area (Å²) in [5.41, 5.74) is 1.55. The van der Waals surface area contributed by atoms with Crippen LogP contribution < -0.4 is 0 Å². The molecule has 1 N–H and O–H groups in total. The van der Waals surface area contributed by atoms with Gasteiger partial charge in [-0.05, 0) is 6.92 Å². The molecular formula is C12H15F2N3O2S. The van der Waals surface area contributed by atoms with E-state index < -0.39 is 18.9 Å². The van der Waals surface area contributed by atoms with Crippen LogP contribution in [-0.4, -0.2) is 51.4 Å². The van der Waals surface area contributed by atoms with Crippen molar-refractivity contribution in [3.8, 4) is 0 Å². The smallest absolute Gasteiger partial charge is 0.255 e. The van der Waals surface area contributed by atoms with Gasteiger partial charge in [0.15, 0.2) is 4.96 Å². The van der Waals surface area contributed by atoms with Crippen molar-refractivity contribution < 1.29 is 18.7 Å². The molecule has 2 rings (SSSR count). The number of rotatable bonds is 6. The van der Waals surface area contributed by atoms with E-state index in [-0.39, 0.29) is 19.6 Å². The molecule has 8 heteroatoms. The summed E-state index contributed by atoms with van der Waals surface area (Å²) < 4.78 is 26.6. The predicted octanol–water partition coefficient (Wildman–Crippen LogP) is 1.33. The summed E-state index contributed by atoms with van der Waals surface area (Å²) in [6.45, 7) is 0.775. The van der Waals surface area contributed by atoms with Crippen LogP contribution in [0.25, 0.3) is 4.96 Å². The summed E-state index contributed by atoms with van der Waals surface area (Å²) in [5.74, 6) is -0.426. The first-order chi connectivity index (χ1) is 9.51. The standard InChI is InChI=1S/C12H15F2N3O2S/c1-8-5-17-9(7-20-12(17)15-8)4-11(19)16(2-3-18)6-10(13)14/h5,7,10,18H,2-4,6H2,1H3. The average molecular weight is 303 g/mol. The molecule has 110 valence electrons. The van der Waals surface area contributed by atoms with Crippen molar-refractivity contribution in [1.29, 1.82) is 0 Å². The molecule has 0 saturated heterocycles. The lowest BCUT2D eigenvalue weighted by atomic mass is 10.3. The Hall–Kier alpha value is -1.54. The van der Waals surface area contributed by atoms with Crippen LogP contribution in [0.15, 0.2) is 11.6 Å². The van der Waals surface area contributed by atoms with Gasteiger partial charge in [-0.15, -0.1) is 11.3 Å². The molecule has 0 radical (unpaired) electrons. The maximum atomic E-state index is 12.4. The molecule has 2 heterocycles. The second kappa shape index (κ2) is 6.27. The summed E-state index contributed by atoms with van der Waals surface area (Å²) in [5, 5.41) is 10.6. The molecule has 5 nitrogen and oxygen atoms in total. The average Bonchev–Trinajstić information content (AvgIpc) is 2.89. The van der Waals surface area contributed by atoms with Crippen molar-refractivity contribution in [2.75, 3.05) is 19.7 Å². The second-order valence-corrected chi connectivity index (χ2v) is 5.23. The van der Waals surface area contributed by atoms with Crippen molar-refractivity contribution in [3.63, 3.8) is 0 Å². The highest BCUT2D eigenvalue weighted by atomic mass is 32.1. The molecule has 0 spiro atoms. The molecule has 20 heavy (non-hydrogen) atoms. The third-order valence-corrected chi connectivity index (χ3v) is 3.71. The number of thiazole rings is 1. The van der Waals surface area contributed by atoms with Crippen molar-refractivity contribution >= 4 is 22.2 Å². The Balaban J connectivity index is 2.12. The number of nitrogens with zero attached hydrogens (tertiary/aromatic N) is 3. The Labute approximate surface area is 118 Å². The molecule has 0 aliphatic heterocycles. The number of hydrogen-bond donors (Lipinski definition) is 1. The van der Waals surface area contributed by atoms with Crippen LogP contribution in [0.1, 0.15) is 11.4 Å². The molecule has 2 aromatic rings. The van der Waals surface area contributed by atoms with Crippen LogP contribution in [0.2, 0.25) is 0 Å². The molecular weight excluding hydrogens is 288 g/mol. The minimum Gasteiger partial charge on any atom is -0.395 e. The molecule has 0 bridgehead atoms. The van der Waals surface area contributed by atoms with Gasteiger partial charge in [0.25, 0.3) is 6.43 Å². The van der Waals surface area contributed by atoms with Crippen LogP contribution in [0, 0.1) is 6.92 Å². The van der Waals surface area contributed by atoms with Gasteiger partial charge in [0.2, 0.25) is 5.91 Å². The van der Waals surface area contributed by atoms with Gasteiger partial charge in [-0.25, -0.2) is 13.8 Å². The van der Waals surface area contributed by atoms with Gasteiger partial charge in [-0.3, -0.25) is 9.20 Å². The highest BCUT2D eigenvalue weighted by molar-refractivity contribution is 7.15. The van der Waals surface area contributed by atoms with Crippen molar-refractivity contribution in [2.45, 2.75) is 19.8 Å². The van der Waals surface area contributed by atoms with E-state index in [1.54, 1.807) is 16.0 Å². The number of carbonyl (C=O) groups excluding carboxylic acids is 1. The summed E-state index contributed by atoms with van der Waals surface area (Å²) in [6, 6.07) is 0. The van der Waals surface area contributed by atoms with Gasteiger partial charge in [0, 0.05) is 23.8 Å². The van der Waals surface area contributed by atoms with Gasteiger partial charge in [-0.1, -0.05) is 0 Å². The van der Waals surface area contributed by atoms with Crippen molar-refractivity contribution in [2.24, 2.45) is 0 Å². The summed E-state index contributed by atoms with van der Waals surface area (Å²) >= 11 is 1.40. The van der Waals surface area contributed by atoms with Crippen molar-refractivity contribution in [3.05, 3.63) is 23.0 Å². The topological polar surface area (TPSA) is 57.8 Å². The number of aliphatic hydroxyl groups is 1. The number of hydrogen-bond acceptors (Lipinski definition) is 4. The highest BCUT2D eigenvalue weighted by Gasteiger charge is 2.19. The fraction of sp³-hybridized carbons (Fsp3) is 0.500. The molecule has 2 aromatic heterocycles. The Morgan fingerprint density at radius 2 is 2.35 bits per heavy atom. The van der Waals surface area contributed by atoms with Gasteiger partial charge < -0.3 is 10.0 Å². The first-order valence-electron chi connectivity index (χ1n) is 6.10. The first kappa shape index (κ1) is 14.9. The second-order valence-electron chi connectivity index (χ2n) is 4.39. The zero-order valence-electron chi connectivity index (χ0n) is 10.9. The SMILES string of the molecule is Cc1cn2c(CC(=O)N(CCO)CC(F)F)csc2n1. The highest BCUT2D eigenvalue weighted by Crippen LogP contribution is 2.17. The normalized spacial score (nSPS) is 11.4. The number of aryl methyl sites for hydroxylation is 1. The largest absolute Gasteiger partial charge is 0.395 e. The molecule has 0 fully saturated rings. The van der Waals surface area contributed by atoms with Gasteiger partial charge in [0.1, 0.15) is 0 Å². The maximum Gasteiger partial charge on any atom is 0.255 e. The Morgan fingerprint density at radius 3 is 3.00 bits per heavy atom. The van der Waals surface area contributed by atoms with E-state index in [0.717, 1.165) is 15.6 Å². The third kappa shape index (κ3) is 3.31. The van der Waals surface area contributed by atoms with Gasteiger partial charge in [0.05, 0.1) is 25.3 Å². The quantitative estimate of drug-likeness (QED) is 0.876. The minimum absolute atomic E-state index is 0.0164. The molecule has 0 aliphatic rings. The van der Waals surface area contributed by atoms with Gasteiger partial charge >= 0.3 is 0 Å².